The number of hydrogen-bond acceptors (Lipinski definition) is 6. The molecule has 0 heterocycles. The Morgan fingerprint density at radius 1 is 1.03 bits per heavy atom. The molecular weight excluding hydrogens is 455 g/mol. The number of hydrogen-bond donors (Lipinski definition) is 0. The fraction of sp³-hybridized carbons (Fsp3) is 0.750. The van der Waals surface area contributed by atoms with Gasteiger partial charge in [-0.1, -0.05) is 19.9 Å². The molecule has 3 unspecified atom stereocenters. The first-order valence-electron chi connectivity index (χ1n) is 11.3. The Kier molecular flexibility index (Phi) is 6.25. The molecule has 0 amide bonds. The summed E-state index contributed by atoms with van der Waals surface area (Å²) in [5, 5.41) is 0. The van der Waals surface area contributed by atoms with Crippen molar-refractivity contribution in [2.24, 2.45) is 34.0 Å². The van der Waals surface area contributed by atoms with Crippen LogP contribution >= 0.6 is 23.2 Å². The van der Waals surface area contributed by atoms with Gasteiger partial charge in [0.1, 0.15) is 17.5 Å². The Balaban J connectivity index is 1.77. The van der Waals surface area contributed by atoms with Gasteiger partial charge in [0.05, 0.1) is 18.6 Å². The molecule has 0 saturated heterocycles. The van der Waals surface area contributed by atoms with Gasteiger partial charge in [0.25, 0.3) is 0 Å². The number of alkyl halides is 2. The first-order valence-corrected chi connectivity index (χ1v) is 12.4. The van der Waals surface area contributed by atoms with Crippen LogP contribution in [0.1, 0.15) is 51.9 Å². The minimum Gasteiger partial charge on any atom is -0.464 e. The molecule has 5 fully saturated rings. The number of carbonyl (C=O) groups excluding carboxylic acids is 4. The smallest absolute Gasteiger partial charge is 0.320 e. The van der Waals surface area contributed by atoms with Crippen LogP contribution in [0.3, 0.4) is 0 Å². The van der Waals surface area contributed by atoms with Crippen molar-refractivity contribution in [3.8, 4) is 0 Å². The summed E-state index contributed by atoms with van der Waals surface area (Å²) in [6.07, 6.45) is 4.57. The molecule has 0 aromatic carbocycles. The summed E-state index contributed by atoms with van der Waals surface area (Å²) >= 11 is 11.3. The highest BCUT2D eigenvalue weighted by Crippen LogP contribution is 2.70. The number of fused-ring (bicyclic) bond motifs is 3. The van der Waals surface area contributed by atoms with Crippen LogP contribution in [-0.2, 0) is 28.7 Å². The van der Waals surface area contributed by atoms with Crippen LogP contribution in [0, 0.1) is 34.0 Å². The molecule has 0 aliphatic heterocycles. The third-order valence-corrected chi connectivity index (χ3v) is 9.42. The molecule has 2 bridgehead atoms. The molecule has 0 radical (unpaired) electrons. The van der Waals surface area contributed by atoms with Crippen LogP contribution in [0.2, 0.25) is 0 Å². The molecule has 1 spiro atoms. The van der Waals surface area contributed by atoms with Crippen molar-refractivity contribution in [3.05, 3.63) is 12.2 Å². The maximum absolute atomic E-state index is 13.7. The van der Waals surface area contributed by atoms with Gasteiger partial charge < -0.3 is 9.47 Å². The topological polar surface area (TPSA) is 86.7 Å². The zero-order chi connectivity index (χ0) is 23.3. The van der Waals surface area contributed by atoms with Crippen LogP contribution in [0.5, 0.6) is 0 Å². The molecule has 0 aromatic rings. The number of rotatable bonds is 6. The van der Waals surface area contributed by atoms with Gasteiger partial charge >= 0.3 is 11.9 Å². The van der Waals surface area contributed by atoms with Crippen molar-refractivity contribution in [3.63, 3.8) is 0 Å². The lowest BCUT2D eigenvalue weighted by atomic mass is 9.36. The van der Waals surface area contributed by atoms with Crippen LogP contribution in [0.15, 0.2) is 12.2 Å². The van der Waals surface area contributed by atoms with Gasteiger partial charge in [-0.3, -0.25) is 19.2 Å². The zero-order valence-electron chi connectivity index (χ0n) is 18.4. The highest BCUT2D eigenvalue weighted by atomic mass is 35.5. The quantitative estimate of drug-likeness (QED) is 0.246. The normalized spacial score (nSPS) is 40.5. The van der Waals surface area contributed by atoms with Gasteiger partial charge in [0, 0.05) is 17.3 Å². The van der Waals surface area contributed by atoms with E-state index in [0.29, 0.717) is 18.4 Å². The van der Waals surface area contributed by atoms with E-state index >= 15 is 0 Å². The summed E-state index contributed by atoms with van der Waals surface area (Å²) in [6, 6.07) is 0. The summed E-state index contributed by atoms with van der Waals surface area (Å²) in [4.78, 5) is 51.0. The molecule has 176 valence electrons. The van der Waals surface area contributed by atoms with E-state index < -0.39 is 28.2 Å². The average molecular weight is 485 g/mol. The molecule has 0 N–H and O–H groups in total. The van der Waals surface area contributed by atoms with Gasteiger partial charge in [-0.2, -0.15) is 0 Å². The highest BCUT2D eigenvalue weighted by Gasteiger charge is 2.72. The number of Topliss-reactive ketones (excluding diaryl/α,β-unsaturated/α-hetero) is 2. The fourth-order valence-corrected chi connectivity index (χ4v) is 7.66. The molecule has 5 aliphatic carbocycles. The monoisotopic (exact) mass is 484 g/mol. The Morgan fingerprint density at radius 3 is 2.34 bits per heavy atom. The second-order valence-corrected chi connectivity index (χ2v) is 10.9. The average Bonchev–Trinajstić information content (AvgIpc) is 2.80. The van der Waals surface area contributed by atoms with Gasteiger partial charge in [-0.25, -0.2) is 0 Å². The molecule has 0 aromatic heterocycles. The van der Waals surface area contributed by atoms with Gasteiger partial charge in [-0.15, -0.1) is 23.2 Å². The molecule has 6 nitrogen and oxygen atoms in total. The van der Waals surface area contributed by atoms with Crippen molar-refractivity contribution >= 4 is 46.7 Å². The SMILES string of the molecule is C=C1C(=O)C23CC[C@@H]1CC2[C@]1(COC(=O)CCl)CCC[C@@](C)(COC(=O)CCl)C1CC3=O. The second-order valence-electron chi connectivity index (χ2n) is 10.4. The van der Waals surface area contributed by atoms with E-state index in [0.717, 1.165) is 25.7 Å². The zero-order valence-corrected chi connectivity index (χ0v) is 19.9. The maximum Gasteiger partial charge on any atom is 0.320 e. The Morgan fingerprint density at radius 2 is 1.69 bits per heavy atom. The summed E-state index contributed by atoms with van der Waals surface area (Å²) in [6.45, 7) is 6.32. The standard InChI is InChI=1S/C24H30Cl2O6/c1-14-15-4-7-24(21(14)30)17(8-15)23(13-32-20(29)11-26)6-3-5-22(2,12-31-19(28)10-25)16(23)9-18(24)27/h15-17H,1,3-13H2,2H3/t15-,16?,17?,22+,23+,24?/m1/s1. The van der Waals surface area contributed by atoms with Crippen molar-refractivity contribution in [1.29, 1.82) is 0 Å². The highest BCUT2D eigenvalue weighted by molar-refractivity contribution is 6.26. The first kappa shape index (κ1) is 23.7. The van der Waals surface area contributed by atoms with Gasteiger partial charge in [0.15, 0.2) is 5.78 Å². The van der Waals surface area contributed by atoms with Crippen LogP contribution in [-0.4, -0.2) is 48.5 Å². The minimum absolute atomic E-state index is 0.0344. The summed E-state index contributed by atoms with van der Waals surface area (Å²) in [7, 11) is 0. The molecule has 5 aliphatic rings. The molecule has 8 heteroatoms. The van der Waals surface area contributed by atoms with E-state index in [-0.39, 0.29) is 60.7 Å². The fourth-order valence-electron chi connectivity index (χ4n) is 7.51. The summed E-state index contributed by atoms with van der Waals surface area (Å²) in [5.41, 5.74) is -1.53. The van der Waals surface area contributed by atoms with E-state index in [1.54, 1.807) is 0 Å². The Hall–Kier alpha value is -1.40. The lowest BCUT2D eigenvalue weighted by Crippen LogP contribution is -2.69. The minimum atomic E-state index is -1.07. The predicted molar refractivity (Wildman–Crippen MR) is 118 cm³/mol. The van der Waals surface area contributed by atoms with Gasteiger partial charge in [0.2, 0.25) is 0 Å². The summed E-state index contributed by atoms with van der Waals surface area (Å²) in [5.74, 6) is -1.99. The summed E-state index contributed by atoms with van der Waals surface area (Å²) < 4.78 is 11.1. The lowest BCUT2D eigenvalue weighted by Gasteiger charge is -2.66. The van der Waals surface area contributed by atoms with E-state index in [9.17, 15) is 19.2 Å². The molecule has 5 saturated carbocycles. The van der Waals surface area contributed by atoms with E-state index in [2.05, 4.69) is 6.58 Å². The van der Waals surface area contributed by atoms with Crippen molar-refractivity contribution in [2.45, 2.75) is 51.9 Å². The predicted octanol–water partition coefficient (Wildman–Crippen LogP) is 3.86. The Labute approximate surface area is 198 Å². The number of esters is 2. The number of halogens is 2. The van der Waals surface area contributed by atoms with Crippen LogP contribution < -0.4 is 0 Å². The third kappa shape index (κ3) is 3.35. The molecular formula is C24H30Cl2O6. The second kappa shape index (κ2) is 8.43. The van der Waals surface area contributed by atoms with Gasteiger partial charge in [-0.05, 0) is 55.4 Å². The number of ketones is 2. The van der Waals surface area contributed by atoms with Crippen LogP contribution in [0.25, 0.3) is 0 Å². The van der Waals surface area contributed by atoms with E-state index in [1.165, 1.54) is 0 Å². The number of ether oxygens (including phenoxy) is 2. The number of allylic oxidation sites excluding steroid dienone is 1. The first-order chi connectivity index (χ1) is 15.1. The molecule has 5 rings (SSSR count). The van der Waals surface area contributed by atoms with Crippen molar-refractivity contribution in [1.82, 2.24) is 0 Å². The van der Waals surface area contributed by atoms with Crippen LogP contribution in [0.4, 0.5) is 0 Å². The van der Waals surface area contributed by atoms with Crippen molar-refractivity contribution < 1.29 is 28.7 Å². The molecule has 32 heavy (non-hydrogen) atoms. The lowest BCUT2D eigenvalue weighted by molar-refractivity contribution is -0.207. The third-order valence-electron chi connectivity index (χ3n) is 8.98. The Bertz CT molecular complexity index is 871. The number of carbonyl (C=O) groups is 4. The maximum atomic E-state index is 13.7. The largest absolute Gasteiger partial charge is 0.464 e. The van der Waals surface area contributed by atoms with E-state index in [1.807, 2.05) is 6.92 Å². The van der Waals surface area contributed by atoms with Crippen molar-refractivity contribution in [2.75, 3.05) is 25.0 Å². The van der Waals surface area contributed by atoms with E-state index in [4.69, 9.17) is 32.7 Å². The molecule has 6 atom stereocenters.